The largest absolute Gasteiger partial charge is 0.355 e. The Morgan fingerprint density at radius 3 is 1.51 bits per heavy atom. The van der Waals surface area contributed by atoms with E-state index in [0.717, 1.165) is 64.2 Å². The minimum Gasteiger partial charge on any atom is -0.355 e. The molecule has 0 saturated carbocycles. The number of rotatable bonds is 15. The molecule has 5 heteroatoms. The molecule has 0 radical (unpaired) electrons. The zero-order valence-electron chi connectivity index (χ0n) is 26.4. The zero-order chi connectivity index (χ0) is 30.0. The van der Waals surface area contributed by atoms with Crippen LogP contribution in [0.1, 0.15) is 120 Å². The molecule has 0 aliphatic carbocycles. The monoisotopic (exact) mass is 579 g/mol. The van der Waals surface area contributed by atoms with Gasteiger partial charge in [0.15, 0.2) is 0 Å². The van der Waals surface area contributed by atoms with Gasteiger partial charge in [0.05, 0.1) is 11.4 Å². The van der Waals surface area contributed by atoms with Gasteiger partial charge in [0, 0.05) is 33.5 Å². The Balaban J connectivity index is 0.000000205. The Morgan fingerprint density at radius 2 is 1.02 bits per heavy atom. The van der Waals surface area contributed by atoms with E-state index in [-0.39, 0.29) is 0 Å². The topological polar surface area (TPSA) is 83.4 Å². The van der Waals surface area contributed by atoms with Crippen molar-refractivity contribution >= 4 is 34.2 Å². The van der Waals surface area contributed by atoms with Gasteiger partial charge < -0.3 is 15.7 Å². The van der Waals surface area contributed by atoms with Gasteiger partial charge in [-0.15, -0.1) is 0 Å². The van der Waals surface area contributed by atoms with Crippen LogP contribution in [-0.4, -0.2) is 26.5 Å². The van der Waals surface area contributed by atoms with Gasteiger partial charge in [-0.05, 0) is 112 Å². The number of allylic oxidation sites excluding steroid dienone is 2. The highest BCUT2D eigenvalue weighted by Gasteiger charge is 2.06. The molecule has 0 fully saturated rings. The van der Waals surface area contributed by atoms with E-state index in [1.54, 1.807) is 0 Å². The molecule has 0 saturated heterocycles. The molecule has 5 rings (SSSR count). The summed E-state index contributed by atoms with van der Waals surface area (Å²) in [7, 11) is 0. The standard InChI is InChI=1S/C20H16N4.C18H37N/c1-2-14-10-16-5-6-18(23-16)12-20-8-7-19(24-20)11-17-4-3-15(22-17)9-13(1)21-14;1-2-3-4-5-6-7-8-9-10-11-12-13-14-15-16-17-18-19/h1-6,9-12,22-23H,7-8H2;9-10H,2-8,11-19H2,1H3/b;10-9-. The molecule has 0 unspecified atom stereocenters. The van der Waals surface area contributed by atoms with Crippen LogP contribution in [0.2, 0.25) is 0 Å². The molecule has 3 aromatic rings. The second-order valence-corrected chi connectivity index (χ2v) is 11.9. The van der Waals surface area contributed by atoms with Crippen LogP contribution in [0.3, 0.4) is 0 Å². The number of nitrogens with two attached hydrogens (primary N) is 1. The van der Waals surface area contributed by atoms with Crippen molar-refractivity contribution in [1.29, 1.82) is 0 Å². The van der Waals surface area contributed by atoms with Crippen molar-refractivity contribution in [2.75, 3.05) is 6.54 Å². The summed E-state index contributed by atoms with van der Waals surface area (Å²) in [5.41, 5.74) is 13.9. The molecule has 43 heavy (non-hydrogen) atoms. The lowest BCUT2D eigenvalue weighted by atomic mass is 10.1. The van der Waals surface area contributed by atoms with E-state index in [4.69, 9.17) is 10.7 Å². The van der Waals surface area contributed by atoms with Crippen LogP contribution in [0.25, 0.3) is 34.2 Å². The second kappa shape index (κ2) is 19.0. The molecule has 3 aromatic heterocycles. The van der Waals surface area contributed by atoms with E-state index in [2.05, 4.69) is 82.6 Å². The van der Waals surface area contributed by atoms with E-state index in [1.807, 2.05) is 12.2 Å². The molecule has 8 bridgehead atoms. The van der Waals surface area contributed by atoms with Crippen LogP contribution in [0.15, 0.2) is 60.7 Å². The summed E-state index contributed by atoms with van der Waals surface area (Å²) in [6.45, 7) is 3.14. The third kappa shape index (κ3) is 12.4. The molecule has 2 aliphatic rings. The van der Waals surface area contributed by atoms with Gasteiger partial charge >= 0.3 is 0 Å². The summed E-state index contributed by atoms with van der Waals surface area (Å²) in [4.78, 5) is 16.2. The number of hydrogen-bond acceptors (Lipinski definition) is 3. The molecule has 0 spiro atoms. The highest BCUT2D eigenvalue weighted by Crippen LogP contribution is 2.17. The number of nitrogens with zero attached hydrogens (tertiary/aromatic N) is 2. The highest BCUT2D eigenvalue weighted by molar-refractivity contribution is 5.74. The Morgan fingerprint density at radius 1 is 0.581 bits per heavy atom. The molecule has 0 amide bonds. The predicted molar refractivity (Wildman–Crippen MR) is 186 cm³/mol. The second-order valence-electron chi connectivity index (χ2n) is 11.9. The number of H-pyrrole nitrogens is 2. The first-order chi connectivity index (χ1) is 21.2. The minimum absolute atomic E-state index is 0.862. The average Bonchev–Trinajstić information content (AvgIpc) is 3.82. The number of aromatic amines is 2. The third-order valence-corrected chi connectivity index (χ3v) is 8.04. The Kier molecular flexibility index (Phi) is 14.3. The Hall–Kier alpha value is -3.44. The average molecular weight is 580 g/mol. The fourth-order valence-corrected chi connectivity index (χ4v) is 5.58. The van der Waals surface area contributed by atoms with Gasteiger partial charge in [0.25, 0.3) is 0 Å². The summed E-state index contributed by atoms with van der Waals surface area (Å²) >= 11 is 0. The van der Waals surface area contributed by atoms with Crippen molar-refractivity contribution in [2.45, 2.75) is 110 Å². The fourth-order valence-electron chi connectivity index (χ4n) is 5.58. The number of aromatic nitrogens is 4. The van der Waals surface area contributed by atoms with Crippen LogP contribution in [0.5, 0.6) is 0 Å². The lowest BCUT2D eigenvalue weighted by Gasteiger charge is -1.99. The van der Waals surface area contributed by atoms with Gasteiger partial charge in [-0.1, -0.05) is 76.9 Å². The van der Waals surface area contributed by atoms with E-state index >= 15 is 0 Å². The molecule has 230 valence electrons. The SMILES string of the molecule is C1=Cc2cc3ccc(cc4nc(cc5ccc(cc1n2)[nH]5)CC4)[nH]3.CCCCCCCC/C=C\CCCCCCCCN. The van der Waals surface area contributed by atoms with Gasteiger partial charge in [0.2, 0.25) is 0 Å². The zero-order valence-corrected chi connectivity index (χ0v) is 26.4. The van der Waals surface area contributed by atoms with E-state index < -0.39 is 0 Å². The summed E-state index contributed by atoms with van der Waals surface area (Å²) in [5, 5.41) is 0. The first kappa shape index (κ1) is 32.5. The normalized spacial score (nSPS) is 12.5. The quantitative estimate of drug-likeness (QED) is 0.0967. The number of unbranched alkanes of at least 4 members (excludes halogenated alkanes) is 12. The maximum absolute atomic E-state index is 5.47. The van der Waals surface area contributed by atoms with E-state index in [9.17, 15) is 0 Å². The maximum atomic E-state index is 5.47. The number of nitrogens with one attached hydrogen (secondary N) is 2. The molecule has 0 aromatic carbocycles. The smallest absolute Gasteiger partial charge is 0.0658 e. The van der Waals surface area contributed by atoms with Crippen molar-refractivity contribution in [3.8, 4) is 0 Å². The molecule has 4 N–H and O–H groups in total. The lowest BCUT2D eigenvalue weighted by molar-refractivity contribution is 0.599. The highest BCUT2D eigenvalue weighted by atomic mass is 14.8. The van der Waals surface area contributed by atoms with Crippen molar-refractivity contribution in [3.63, 3.8) is 0 Å². The molecule has 5 nitrogen and oxygen atoms in total. The minimum atomic E-state index is 0.862. The van der Waals surface area contributed by atoms with Gasteiger partial charge in [-0.3, -0.25) is 4.98 Å². The number of hydrogen-bond donors (Lipinski definition) is 3. The van der Waals surface area contributed by atoms with Crippen LogP contribution in [-0.2, 0) is 12.8 Å². The number of aryl methyl sites for hydroxylation is 2. The summed E-state index contributed by atoms with van der Waals surface area (Å²) in [6.07, 6.45) is 29.9. The predicted octanol–water partition coefficient (Wildman–Crippen LogP) is 10.3. The summed E-state index contributed by atoms with van der Waals surface area (Å²) < 4.78 is 0. The molecule has 2 aliphatic heterocycles. The van der Waals surface area contributed by atoms with Gasteiger partial charge in [-0.25, -0.2) is 4.98 Å². The van der Waals surface area contributed by atoms with E-state index in [0.29, 0.717) is 0 Å². The van der Waals surface area contributed by atoms with Crippen LogP contribution in [0, 0.1) is 0 Å². The molecule has 0 atom stereocenters. The summed E-state index contributed by atoms with van der Waals surface area (Å²) in [5.74, 6) is 0. The van der Waals surface area contributed by atoms with Crippen molar-refractivity contribution in [3.05, 3.63) is 83.5 Å². The van der Waals surface area contributed by atoms with Crippen molar-refractivity contribution in [1.82, 2.24) is 19.9 Å². The first-order valence-corrected chi connectivity index (χ1v) is 16.9. The van der Waals surface area contributed by atoms with E-state index in [1.165, 1.54) is 89.9 Å². The summed E-state index contributed by atoms with van der Waals surface area (Å²) in [6, 6.07) is 16.7. The Labute approximate surface area is 259 Å². The number of fused-ring (bicyclic) bond motifs is 8. The lowest BCUT2D eigenvalue weighted by Crippen LogP contribution is -1.97. The van der Waals surface area contributed by atoms with Crippen LogP contribution >= 0.6 is 0 Å². The van der Waals surface area contributed by atoms with Gasteiger partial charge in [-0.2, -0.15) is 0 Å². The van der Waals surface area contributed by atoms with Gasteiger partial charge in [0.1, 0.15) is 0 Å². The fraction of sp³-hybridized carbons (Fsp3) is 0.474. The van der Waals surface area contributed by atoms with Crippen molar-refractivity contribution in [2.24, 2.45) is 5.73 Å². The third-order valence-electron chi connectivity index (χ3n) is 8.04. The van der Waals surface area contributed by atoms with Crippen LogP contribution in [0.4, 0.5) is 0 Å². The first-order valence-electron chi connectivity index (χ1n) is 16.9. The Bertz CT molecular complexity index is 1360. The molecule has 5 heterocycles. The maximum Gasteiger partial charge on any atom is 0.0658 e. The molecular weight excluding hydrogens is 526 g/mol. The van der Waals surface area contributed by atoms with Crippen LogP contribution < -0.4 is 5.73 Å². The van der Waals surface area contributed by atoms with Crippen molar-refractivity contribution < 1.29 is 0 Å². The molecular formula is C38H53N5.